The molecule has 0 atom stereocenters. The number of thiocarbonyl (C=S) groups is 1. The van der Waals surface area contributed by atoms with Gasteiger partial charge in [-0.1, -0.05) is 12.2 Å². The maximum absolute atomic E-state index is 5.32. The molecule has 0 amide bonds. The Kier molecular flexibility index (Phi) is 2.13. The van der Waals surface area contributed by atoms with E-state index in [9.17, 15) is 0 Å². The minimum Gasteiger partial charge on any atom is -0.325 e. The molecule has 3 heteroatoms. The van der Waals surface area contributed by atoms with E-state index < -0.39 is 0 Å². The fourth-order valence-corrected chi connectivity index (χ4v) is 1.77. The zero-order valence-electron chi connectivity index (χ0n) is 6.94. The summed E-state index contributed by atoms with van der Waals surface area (Å²) in [5.41, 5.74) is 0. The summed E-state index contributed by atoms with van der Waals surface area (Å²) in [5.74, 6) is 0. The molecule has 0 aromatic rings. The summed E-state index contributed by atoms with van der Waals surface area (Å²) >= 11 is 5.32. The Bertz CT molecular complexity index is 221. The fraction of sp³-hybridized carbons (Fsp3) is 0.444. The SMILES string of the molecule is S=C(N1C=CCC1)N1C=CCC1. The normalized spacial score (nSPS) is 21.0. The number of hydrogen-bond acceptors (Lipinski definition) is 1. The highest BCUT2D eigenvalue weighted by atomic mass is 32.1. The van der Waals surface area contributed by atoms with Crippen LogP contribution in [0.15, 0.2) is 24.6 Å². The lowest BCUT2D eigenvalue weighted by Crippen LogP contribution is -2.35. The van der Waals surface area contributed by atoms with Crippen LogP contribution in [0.2, 0.25) is 0 Å². The summed E-state index contributed by atoms with van der Waals surface area (Å²) < 4.78 is 0. The van der Waals surface area contributed by atoms with E-state index in [-0.39, 0.29) is 0 Å². The van der Waals surface area contributed by atoms with Gasteiger partial charge in [0.05, 0.1) is 0 Å². The molecule has 12 heavy (non-hydrogen) atoms. The lowest BCUT2D eigenvalue weighted by Gasteiger charge is -2.24. The molecule has 2 nitrogen and oxygen atoms in total. The van der Waals surface area contributed by atoms with Gasteiger partial charge in [-0.05, 0) is 25.1 Å². The molecule has 0 radical (unpaired) electrons. The van der Waals surface area contributed by atoms with E-state index in [0.717, 1.165) is 31.0 Å². The molecule has 0 aromatic heterocycles. The van der Waals surface area contributed by atoms with Crippen molar-refractivity contribution in [1.29, 1.82) is 0 Å². The molecule has 0 aromatic carbocycles. The van der Waals surface area contributed by atoms with Crippen LogP contribution in [0.4, 0.5) is 0 Å². The maximum Gasteiger partial charge on any atom is 0.179 e. The third-order valence-corrected chi connectivity index (χ3v) is 2.60. The first-order valence-corrected chi connectivity index (χ1v) is 4.69. The van der Waals surface area contributed by atoms with Crippen molar-refractivity contribution in [1.82, 2.24) is 9.80 Å². The Balaban J connectivity index is 1.99. The van der Waals surface area contributed by atoms with Gasteiger partial charge < -0.3 is 9.80 Å². The van der Waals surface area contributed by atoms with Crippen LogP contribution in [-0.2, 0) is 0 Å². The summed E-state index contributed by atoms with van der Waals surface area (Å²) in [6.07, 6.45) is 10.7. The molecule has 0 N–H and O–H groups in total. The van der Waals surface area contributed by atoms with E-state index in [1.165, 1.54) is 0 Å². The molecule has 0 fully saturated rings. The lowest BCUT2D eigenvalue weighted by atomic mass is 10.5. The molecule has 0 saturated carbocycles. The van der Waals surface area contributed by atoms with Crippen molar-refractivity contribution in [3.8, 4) is 0 Å². The van der Waals surface area contributed by atoms with Crippen LogP contribution >= 0.6 is 12.2 Å². The minimum absolute atomic E-state index is 0.942. The lowest BCUT2D eigenvalue weighted by molar-refractivity contribution is 0.492. The molecule has 64 valence electrons. The third kappa shape index (κ3) is 1.37. The molecule has 0 aliphatic carbocycles. The summed E-state index contributed by atoms with van der Waals surface area (Å²) in [6.45, 7) is 2.09. The molecule has 0 bridgehead atoms. The van der Waals surface area contributed by atoms with Gasteiger partial charge in [0.25, 0.3) is 0 Å². The second kappa shape index (κ2) is 3.27. The van der Waals surface area contributed by atoms with Crippen molar-refractivity contribution in [3.63, 3.8) is 0 Å². The monoisotopic (exact) mass is 180 g/mol. The Morgan fingerprint density at radius 1 is 1.00 bits per heavy atom. The van der Waals surface area contributed by atoms with E-state index in [4.69, 9.17) is 12.2 Å². The van der Waals surface area contributed by atoms with E-state index >= 15 is 0 Å². The highest BCUT2D eigenvalue weighted by molar-refractivity contribution is 7.80. The van der Waals surface area contributed by atoms with Crippen LogP contribution in [0, 0.1) is 0 Å². The first-order valence-electron chi connectivity index (χ1n) is 4.28. The van der Waals surface area contributed by atoms with Crippen LogP contribution in [0.5, 0.6) is 0 Å². The summed E-state index contributed by atoms with van der Waals surface area (Å²) in [5, 5.41) is 0.942. The average molecular weight is 180 g/mol. The Morgan fingerprint density at radius 3 is 1.83 bits per heavy atom. The number of rotatable bonds is 0. The second-order valence-corrected chi connectivity index (χ2v) is 3.38. The van der Waals surface area contributed by atoms with Crippen molar-refractivity contribution in [2.24, 2.45) is 0 Å². The molecule has 2 rings (SSSR count). The van der Waals surface area contributed by atoms with Crippen LogP contribution in [-0.4, -0.2) is 28.0 Å². The van der Waals surface area contributed by atoms with Crippen LogP contribution in [0.1, 0.15) is 12.8 Å². The molecule has 0 spiro atoms. The van der Waals surface area contributed by atoms with Gasteiger partial charge >= 0.3 is 0 Å². The Morgan fingerprint density at radius 2 is 1.50 bits per heavy atom. The summed E-state index contributed by atoms with van der Waals surface area (Å²) in [6, 6.07) is 0. The van der Waals surface area contributed by atoms with Crippen molar-refractivity contribution in [2.75, 3.05) is 13.1 Å². The van der Waals surface area contributed by atoms with Crippen LogP contribution in [0.3, 0.4) is 0 Å². The quantitative estimate of drug-likeness (QED) is 0.524. The zero-order chi connectivity index (χ0) is 8.39. The number of hydrogen-bond donors (Lipinski definition) is 0. The minimum atomic E-state index is 0.942. The highest BCUT2D eigenvalue weighted by Crippen LogP contribution is 2.12. The standard InChI is InChI=1S/C9H12N2S/c12-9(10-5-1-2-6-10)11-7-3-4-8-11/h1,3,5,7H,2,4,6,8H2. The third-order valence-electron chi connectivity index (χ3n) is 2.14. The maximum atomic E-state index is 5.32. The molecule has 0 unspecified atom stereocenters. The van der Waals surface area contributed by atoms with Gasteiger partial charge in [-0.15, -0.1) is 0 Å². The van der Waals surface area contributed by atoms with Crippen molar-refractivity contribution < 1.29 is 0 Å². The predicted molar refractivity (Wildman–Crippen MR) is 53.5 cm³/mol. The Hall–Kier alpha value is -0.830. The molecule has 2 aliphatic heterocycles. The van der Waals surface area contributed by atoms with Gasteiger partial charge in [-0.2, -0.15) is 0 Å². The van der Waals surface area contributed by atoms with Crippen LogP contribution in [0.25, 0.3) is 0 Å². The topological polar surface area (TPSA) is 6.48 Å². The highest BCUT2D eigenvalue weighted by Gasteiger charge is 2.16. The van der Waals surface area contributed by atoms with Gasteiger partial charge in [0.15, 0.2) is 5.11 Å². The van der Waals surface area contributed by atoms with Gasteiger partial charge in [-0.3, -0.25) is 0 Å². The molecule has 2 aliphatic rings. The van der Waals surface area contributed by atoms with Gasteiger partial charge in [-0.25, -0.2) is 0 Å². The van der Waals surface area contributed by atoms with E-state index in [2.05, 4.69) is 34.4 Å². The number of nitrogens with zero attached hydrogens (tertiary/aromatic N) is 2. The van der Waals surface area contributed by atoms with Gasteiger partial charge in [0.2, 0.25) is 0 Å². The smallest absolute Gasteiger partial charge is 0.179 e. The average Bonchev–Trinajstić information content (AvgIpc) is 2.77. The largest absolute Gasteiger partial charge is 0.325 e. The van der Waals surface area contributed by atoms with Crippen molar-refractivity contribution >= 4 is 17.3 Å². The van der Waals surface area contributed by atoms with Gasteiger partial charge in [0.1, 0.15) is 0 Å². The predicted octanol–water partition coefficient (Wildman–Crippen LogP) is 1.71. The molecular formula is C9H12N2S. The van der Waals surface area contributed by atoms with E-state index in [1.54, 1.807) is 0 Å². The van der Waals surface area contributed by atoms with E-state index in [0.29, 0.717) is 0 Å². The van der Waals surface area contributed by atoms with Crippen molar-refractivity contribution in [2.45, 2.75) is 12.8 Å². The van der Waals surface area contributed by atoms with Crippen molar-refractivity contribution in [3.05, 3.63) is 24.6 Å². The van der Waals surface area contributed by atoms with Crippen LogP contribution < -0.4 is 0 Å². The molecule has 0 saturated heterocycles. The summed E-state index contributed by atoms with van der Waals surface area (Å²) in [4.78, 5) is 4.26. The Labute approximate surface area is 78.1 Å². The second-order valence-electron chi connectivity index (χ2n) is 3.02. The zero-order valence-corrected chi connectivity index (χ0v) is 7.76. The first kappa shape index (κ1) is 7.80. The fourth-order valence-electron chi connectivity index (χ4n) is 1.46. The summed E-state index contributed by atoms with van der Waals surface area (Å²) in [7, 11) is 0. The first-order chi connectivity index (χ1) is 5.88. The van der Waals surface area contributed by atoms with Gasteiger partial charge in [0, 0.05) is 25.5 Å². The van der Waals surface area contributed by atoms with E-state index in [1.807, 2.05) is 0 Å². The molecular weight excluding hydrogens is 168 g/mol. The molecule has 2 heterocycles.